The molecule has 0 saturated heterocycles. The molecule has 0 unspecified atom stereocenters. The van der Waals surface area contributed by atoms with Crippen LogP contribution in [0.2, 0.25) is 0 Å². The molecule has 0 atom stereocenters. The summed E-state index contributed by atoms with van der Waals surface area (Å²) in [5.74, 6) is 0.930. The van der Waals surface area contributed by atoms with Crippen LogP contribution in [0.3, 0.4) is 0 Å². The number of ether oxygens (including phenoxy) is 2. The van der Waals surface area contributed by atoms with E-state index in [0.717, 1.165) is 36.5 Å². The molecule has 6 heteroatoms. The number of fused-ring (bicyclic) bond motifs is 1. The summed E-state index contributed by atoms with van der Waals surface area (Å²) in [4.78, 5) is 2.30. The van der Waals surface area contributed by atoms with Gasteiger partial charge >= 0.3 is 0 Å². The topological polar surface area (TPSA) is 59.8 Å². The maximum atomic E-state index is 11.3. The molecule has 1 aromatic carbocycles. The van der Waals surface area contributed by atoms with Gasteiger partial charge in [0, 0.05) is 39.1 Å². The summed E-state index contributed by atoms with van der Waals surface area (Å²) in [7, 11) is 5.07. The van der Waals surface area contributed by atoms with Gasteiger partial charge < -0.3 is 19.5 Å². The Kier molecular flexibility index (Phi) is 5.60. The van der Waals surface area contributed by atoms with Crippen molar-refractivity contribution in [1.29, 1.82) is 0 Å². The van der Waals surface area contributed by atoms with Crippen molar-refractivity contribution in [3.63, 3.8) is 0 Å². The number of aryl methyl sites for hydroxylation is 4. The number of nitrogens with zero attached hydrogens (tertiary/aromatic N) is 3. The highest BCUT2D eigenvalue weighted by molar-refractivity contribution is 5.71. The van der Waals surface area contributed by atoms with Crippen LogP contribution in [0.15, 0.2) is 12.1 Å². The Hall–Kier alpha value is -1.89. The van der Waals surface area contributed by atoms with E-state index in [1.807, 2.05) is 7.05 Å². The molecular formula is C21H31N3O3. The summed E-state index contributed by atoms with van der Waals surface area (Å²) in [6.07, 6.45) is 1.89. The Bertz CT molecular complexity index is 799. The Labute approximate surface area is 161 Å². The van der Waals surface area contributed by atoms with E-state index in [-0.39, 0.29) is 13.2 Å². The standard InChI is InChI=1S/C21H31N3O3/c1-14-10-15(2)18(16(3)11-14)24-9-7-8-17-19(23(4)22-20(17)24)21(25,12-26-5)13-27-6/h10-11,25H,7-9,12-13H2,1-6H3. The van der Waals surface area contributed by atoms with Crippen molar-refractivity contribution in [3.8, 4) is 0 Å². The van der Waals surface area contributed by atoms with E-state index < -0.39 is 5.60 Å². The lowest BCUT2D eigenvalue weighted by atomic mass is 9.92. The molecule has 1 N–H and O–H groups in total. The first-order valence-electron chi connectivity index (χ1n) is 9.44. The Morgan fingerprint density at radius 1 is 1.11 bits per heavy atom. The Morgan fingerprint density at radius 3 is 2.26 bits per heavy atom. The summed E-state index contributed by atoms with van der Waals surface area (Å²) in [6, 6.07) is 4.43. The first kappa shape index (κ1) is 19.9. The largest absolute Gasteiger partial charge is 0.381 e. The van der Waals surface area contributed by atoms with E-state index in [1.54, 1.807) is 18.9 Å². The molecule has 0 aliphatic carbocycles. The number of rotatable bonds is 6. The molecule has 6 nitrogen and oxygen atoms in total. The van der Waals surface area contributed by atoms with E-state index in [4.69, 9.17) is 14.6 Å². The van der Waals surface area contributed by atoms with Crippen LogP contribution < -0.4 is 4.90 Å². The molecule has 0 radical (unpaired) electrons. The van der Waals surface area contributed by atoms with Crippen LogP contribution in [-0.4, -0.2) is 48.9 Å². The summed E-state index contributed by atoms with van der Waals surface area (Å²) in [6.45, 7) is 7.67. The minimum Gasteiger partial charge on any atom is -0.381 e. The first-order valence-corrected chi connectivity index (χ1v) is 9.44. The molecule has 1 aliphatic heterocycles. The average molecular weight is 373 g/mol. The molecule has 2 heterocycles. The lowest BCUT2D eigenvalue weighted by molar-refractivity contribution is -0.0876. The highest BCUT2D eigenvalue weighted by Crippen LogP contribution is 2.40. The number of aliphatic hydroxyl groups is 1. The minimum absolute atomic E-state index is 0.162. The van der Waals surface area contributed by atoms with E-state index in [1.165, 1.54) is 22.4 Å². The van der Waals surface area contributed by atoms with Crippen LogP contribution in [0.5, 0.6) is 0 Å². The van der Waals surface area contributed by atoms with Crippen LogP contribution in [0.25, 0.3) is 0 Å². The summed E-state index contributed by atoms with van der Waals surface area (Å²) < 4.78 is 12.4. The van der Waals surface area contributed by atoms with Crippen LogP contribution in [0.1, 0.15) is 34.4 Å². The van der Waals surface area contributed by atoms with E-state index in [9.17, 15) is 5.11 Å². The molecule has 0 bridgehead atoms. The lowest BCUT2D eigenvalue weighted by Crippen LogP contribution is -2.39. The highest BCUT2D eigenvalue weighted by atomic mass is 16.5. The molecule has 27 heavy (non-hydrogen) atoms. The number of anilines is 2. The van der Waals surface area contributed by atoms with Crippen LogP contribution in [0, 0.1) is 20.8 Å². The smallest absolute Gasteiger partial charge is 0.158 e. The van der Waals surface area contributed by atoms with Crippen molar-refractivity contribution >= 4 is 11.5 Å². The molecule has 0 amide bonds. The van der Waals surface area contributed by atoms with Crippen molar-refractivity contribution in [2.45, 2.75) is 39.2 Å². The van der Waals surface area contributed by atoms with Gasteiger partial charge in [-0.05, 0) is 44.7 Å². The number of hydrogen-bond acceptors (Lipinski definition) is 5. The zero-order chi connectivity index (χ0) is 19.8. The zero-order valence-electron chi connectivity index (χ0n) is 17.3. The zero-order valence-corrected chi connectivity index (χ0v) is 17.3. The third-order valence-electron chi connectivity index (χ3n) is 5.30. The van der Waals surface area contributed by atoms with E-state index in [2.05, 4.69) is 37.8 Å². The van der Waals surface area contributed by atoms with Gasteiger partial charge in [0.15, 0.2) is 11.4 Å². The van der Waals surface area contributed by atoms with Gasteiger partial charge in [-0.3, -0.25) is 4.68 Å². The van der Waals surface area contributed by atoms with Gasteiger partial charge in [-0.25, -0.2) is 0 Å². The van der Waals surface area contributed by atoms with E-state index in [0.29, 0.717) is 0 Å². The predicted molar refractivity (Wildman–Crippen MR) is 107 cm³/mol. The number of hydrogen-bond donors (Lipinski definition) is 1. The highest BCUT2D eigenvalue weighted by Gasteiger charge is 2.39. The monoisotopic (exact) mass is 373 g/mol. The fraction of sp³-hybridized carbons (Fsp3) is 0.571. The molecule has 0 spiro atoms. The normalized spacial score (nSPS) is 14.6. The van der Waals surface area contributed by atoms with Crippen molar-refractivity contribution in [3.05, 3.63) is 40.1 Å². The second kappa shape index (κ2) is 7.62. The molecule has 3 rings (SSSR count). The summed E-state index contributed by atoms with van der Waals surface area (Å²) >= 11 is 0. The van der Waals surface area contributed by atoms with E-state index >= 15 is 0 Å². The molecule has 1 aromatic heterocycles. The van der Waals surface area contributed by atoms with Gasteiger partial charge in [0.1, 0.15) is 0 Å². The minimum atomic E-state index is -1.22. The van der Waals surface area contributed by atoms with Gasteiger partial charge in [-0.2, -0.15) is 5.10 Å². The molecule has 0 saturated carbocycles. The molecule has 148 valence electrons. The predicted octanol–water partition coefficient (Wildman–Crippen LogP) is 2.91. The molecule has 1 aliphatic rings. The van der Waals surface area contributed by atoms with Gasteiger partial charge in [-0.15, -0.1) is 0 Å². The summed E-state index contributed by atoms with van der Waals surface area (Å²) in [5.41, 5.74) is 5.62. The third-order valence-corrected chi connectivity index (χ3v) is 5.30. The number of aromatic nitrogens is 2. The molecule has 0 fully saturated rings. The van der Waals surface area contributed by atoms with Crippen molar-refractivity contribution in [2.24, 2.45) is 7.05 Å². The second-order valence-electron chi connectivity index (χ2n) is 7.67. The fourth-order valence-corrected chi connectivity index (χ4v) is 4.57. The average Bonchev–Trinajstić information content (AvgIpc) is 2.91. The van der Waals surface area contributed by atoms with Crippen LogP contribution in [0.4, 0.5) is 11.5 Å². The molecular weight excluding hydrogens is 342 g/mol. The van der Waals surface area contributed by atoms with Crippen molar-refractivity contribution in [1.82, 2.24) is 9.78 Å². The summed E-state index contributed by atoms with van der Waals surface area (Å²) in [5, 5.41) is 16.1. The van der Waals surface area contributed by atoms with Gasteiger partial charge in [-0.1, -0.05) is 17.7 Å². The second-order valence-corrected chi connectivity index (χ2v) is 7.67. The number of methoxy groups -OCH3 is 2. The van der Waals surface area contributed by atoms with Gasteiger partial charge in [0.05, 0.1) is 18.9 Å². The maximum absolute atomic E-state index is 11.3. The lowest BCUT2D eigenvalue weighted by Gasteiger charge is -2.32. The SMILES string of the molecule is COCC(O)(COC)c1c2c(nn1C)N(c1c(C)cc(C)cc1C)CCC2. The van der Waals surface area contributed by atoms with Crippen LogP contribution >= 0.6 is 0 Å². The molecule has 2 aromatic rings. The van der Waals surface area contributed by atoms with Crippen molar-refractivity contribution < 1.29 is 14.6 Å². The fourth-order valence-electron chi connectivity index (χ4n) is 4.57. The Morgan fingerprint density at radius 2 is 1.70 bits per heavy atom. The quantitative estimate of drug-likeness (QED) is 0.844. The number of benzene rings is 1. The van der Waals surface area contributed by atoms with Gasteiger partial charge in [0.25, 0.3) is 0 Å². The third kappa shape index (κ3) is 3.49. The Balaban J connectivity index is 2.14. The first-order chi connectivity index (χ1) is 12.8. The van der Waals surface area contributed by atoms with Gasteiger partial charge in [0.2, 0.25) is 0 Å². The van der Waals surface area contributed by atoms with Crippen LogP contribution in [-0.2, 0) is 28.5 Å². The van der Waals surface area contributed by atoms with Crippen molar-refractivity contribution in [2.75, 3.05) is 38.9 Å². The maximum Gasteiger partial charge on any atom is 0.158 e.